The van der Waals surface area contributed by atoms with Crippen molar-refractivity contribution in [3.05, 3.63) is 112 Å². The highest BCUT2D eigenvalue weighted by Gasteiger charge is 2.38. The van der Waals surface area contributed by atoms with Crippen molar-refractivity contribution in [1.29, 1.82) is 0 Å². The molecule has 0 amide bonds. The summed E-state index contributed by atoms with van der Waals surface area (Å²) in [5.74, 6) is -2.21. The van der Waals surface area contributed by atoms with Crippen LogP contribution < -0.4 is 21.3 Å². The average Bonchev–Trinajstić information content (AvgIpc) is 3.56. The number of esters is 1. The van der Waals surface area contributed by atoms with Crippen LogP contribution in [0.15, 0.2) is 83.8 Å². The third-order valence-electron chi connectivity index (χ3n) is 8.63. The van der Waals surface area contributed by atoms with Crippen LogP contribution in [0.4, 0.5) is 11.4 Å². The lowest BCUT2D eigenvalue weighted by molar-refractivity contribution is -0.133. The van der Waals surface area contributed by atoms with Gasteiger partial charge in [-0.05, 0) is 47.5 Å². The highest BCUT2D eigenvalue weighted by atomic mass is 32.2. The molecule has 1 aliphatic heterocycles. The van der Waals surface area contributed by atoms with Gasteiger partial charge in [-0.2, -0.15) is 0 Å². The third kappa shape index (κ3) is 8.95. The fourth-order valence-corrected chi connectivity index (χ4v) is 6.70. The maximum absolute atomic E-state index is 13.4. The standard InChI is InChI=1S/C22H28N4O6.C17H14O4S/c27-11-9-23-5-7-25-13-1-2-14(26-8-6-24-10-12-28)18-17(13)21(31)19-15(29)3-4-16(30)20(19)22(18)32;1-22(19,20)14-9-7-12(8-10-14)15-11-21-17(18)16(15)13-5-3-2-4-6-13/h1-4,23-30H,5-12H2;2-10H,11H2,1H3. The number of carbonyl (C=O) groups excluding carboxylic acids is 3. The van der Waals surface area contributed by atoms with E-state index in [0.29, 0.717) is 56.2 Å². The third-order valence-corrected chi connectivity index (χ3v) is 9.76. The van der Waals surface area contributed by atoms with Crippen molar-refractivity contribution in [3.63, 3.8) is 0 Å². The molecule has 0 spiro atoms. The van der Waals surface area contributed by atoms with Crippen molar-refractivity contribution >= 4 is 49.9 Å². The lowest BCUT2D eigenvalue weighted by atomic mass is 9.81. The fraction of sp³-hybridized carbons (Fsp3) is 0.256. The molecule has 0 aromatic heterocycles. The smallest absolute Gasteiger partial charge is 0.339 e. The van der Waals surface area contributed by atoms with Gasteiger partial charge in [-0.25, -0.2) is 13.2 Å². The van der Waals surface area contributed by atoms with Gasteiger partial charge in [0.05, 0.1) is 45.9 Å². The molecule has 1 aliphatic carbocycles. The topological polar surface area (TPSA) is 224 Å². The minimum atomic E-state index is -3.23. The van der Waals surface area contributed by atoms with E-state index in [1.807, 2.05) is 30.3 Å². The van der Waals surface area contributed by atoms with Gasteiger partial charge in [0.2, 0.25) is 11.6 Å². The molecule has 0 fully saturated rings. The molecular formula is C39H42N4O10S. The number of fused-ring (bicyclic) bond motifs is 2. The summed E-state index contributed by atoms with van der Waals surface area (Å²) in [6, 6.07) is 21.5. The number of carbonyl (C=O) groups is 3. The van der Waals surface area contributed by atoms with Crippen LogP contribution in [0.3, 0.4) is 0 Å². The Kier molecular flexibility index (Phi) is 13.2. The van der Waals surface area contributed by atoms with Crippen molar-refractivity contribution in [2.45, 2.75) is 4.90 Å². The summed E-state index contributed by atoms with van der Waals surface area (Å²) in [7, 11) is -3.23. The number of phenolic OH excluding ortho intramolecular Hbond substituents is 2. The van der Waals surface area contributed by atoms with Crippen LogP contribution >= 0.6 is 0 Å². The average molecular weight is 759 g/mol. The Morgan fingerprint density at radius 2 is 1.11 bits per heavy atom. The number of aliphatic hydroxyl groups is 2. The first-order valence-corrected chi connectivity index (χ1v) is 19.1. The zero-order valence-corrected chi connectivity index (χ0v) is 30.3. The number of rotatable bonds is 15. The number of phenols is 2. The summed E-state index contributed by atoms with van der Waals surface area (Å²) < 4.78 is 28.2. The fourth-order valence-electron chi connectivity index (χ4n) is 6.07. The van der Waals surface area contributed by atoms with Gasteiger partial charge in [-0.1, -0.05) is 42.5 Å². The molecule has 284 valence electrons. The minimum absolute atomic E-state index is 0.00939. The van der Waals surface area contributed by atoms with Gasteiger partial charge in [0.1, 0.15) is 18.1 Å². The quantitative estimate of drug-likeness (QED) is 0.0437. The van der Waals surface area contributed by atoms with Crippen LogP contribution in [-0.4, -0.2) is 112 Å². The maximum Gasteiger partial charge on any atom is 0.339 e. The van der Waals surface area contributed by atoms with E-state index in [4.69, 9.17) is 14.9 Å². The van der Waals surface area contributed by atoms with E-state index in [-0.39, 0.29) is 64.4 Å². The van der Waals surface area contributed by atoms with Gasteiger partial charge in [0, 0.05) is 62.5 Å². The molecule has 14 nitrogen and oxygen atoms in total. The Morgan fingerprint density at radius 1 is 0.611 bits per heavy atom. The number of sulfone groups is 1. The lowest BCUT2D eigenvalue weighted by Gasteiger charge is -2.25. The Bertz CT molecular complexity index is 2080. The number of aliphatic hydroxyl groups excluding tert-OH is 2. The summed E-state index contributed by atoms with van der Waals surface area (Å²) in [6.45, 7) is 3.00. The molecule has 0 atom stereocenters. The van der Waals surface area contributed by atoms with Gasteiger partial charge in [-0.15, -0.1) is 0 Å². The number of ketones is 2. The number of aromatic hydroxyl groups is 2. The van der Waals surface area contributed by atoms with Crippen LogP contribution in [0, 0.1) is 0 Å². The highest BCUT2D eigenvalue weighted by Crippen LogP contribution is 2.42. The summed E-state index contributed by atoms with van der Waals surface area (Å²) in [5, 5.41) is 50.6. The second kappa shape index (κ2) is 18.0. The van der Waals surface area contributed by atoms with Gasteiger partial charge in [-0.3, -0.25) is 9.59 Å². The van der Waals surface area contributed by atoms with E-state index in [0.717, 1.165) is 16.7 Å². The van der Waals surface area contributed by atoms with Crippen molar-refractivity contribution in [2.75, 3.05) is 76.0 Å². The van der Waals surface area contributed by atoms with Crippen molar-refractivity contribution in [3.8, 4) is 11.5 Å². The molecule has 2 aliphatic rings. The number of cyclic esters (lactones) is 1. The van der Waals surface area contributed by atoms with Crippen LogP contribution in [-0.2, 0) is 19.4 Å². The first-order valence-electron chi connectivity index (χ1n) is 17.2. The predicted octanol–water partition coefficient (Wildman–Crippen LogP) is 2.42. The Hall–Kier alpha value is -5.58. The van der Waals surface area contributed by atoms with Gasteiger partial charge < -0.3 is 46.4 Å². The second-order valence-corrected chi connectivity index (χ2v) is 14.3. The maximum atomic E-state index is 13.4. The zero-order chi connectivity index (χ0) is 38.8. The van der Waals surface area contributed by atoms with E-state index >= 15 is 0 Å². The molecule has 54 heavy (non-hydrogen) atoms. The first-order chi connectivity index (χ1) is 26.0. The predicted molar refractivity (Wildman–Crippen MR) is 204 cm³/mol. The molecule has 1 heterocycles. The molecule has 0 bridgehead atoms. The van der Waals surface area contributed by atoms with E-state index in [2.05, 4.69) is 21.3 Å². The van der Waals surface area contributed by atoms with E-state index < -0.39 is 21.4 Å². The number of nitrogens with one attached hydrogen (secondary N) is 4. The summed E-state index contributed by atoms with van der Waals surface area (Å²) in [6.07, 6.45) is 1.17. The molecular weight excluding hydrogens is 717 g/mol. The Balaban J connectivity index is 0.000000222. The van der Waals surface area contributed by atoms with Crippen LogP contribution in [0.2, 0.25) is 0 Å². The number of anilines is 2. The Morgan fingerprint density at radius 3 is 1.57 bits per heavy atom. The molecule has 15 heteroatoms. The van der Waals surface area contributed by atoms with Crippen molar-refractivity contribution in [1.82, 2.24) is 10.6 Å². The highest BCUT2D eigenvalue weighted by molar-refractivity contribution is 7.90. The van der Waals surface area contributed by atoms with Crippen LogP contribution in [0.25, 0.3) is 11.1 Å². The number of ether oxygens (including phenoxy) is 1. The van der Waals surface area contributed by atoms with E-state index in [1.54, 1.807) is 36.4 Å². The van der Waals surface area contributed by atoms with Crippen molar-refractivity contribution < 1.29 is 48.0 Å². The van der Waals surface area contributed by atoms with Crippen LogP contribution in [0.1, 0.15) is 43.0 Å². The summed E-state index contributed by atoms with van der Waals surface area (Å²) in [4.78, 5) is 39.0. The minimum Gasteiger partial charge on any atom is -0.507 e. The Labute approximate surface area is 312 Å². The first kappa shape index (κ1) is 39.6. The van der Waals surface area contributed by atoms with Crippen molar-refractivity contribution in [2.24, 2.45) is 0 Å². The molecule has 4 aromatic rings. The number of benzene rings is 4. The summed E-state index contributed by atoms with van der Waals surface area (Å²) in [5.41, 5.74) is 3.57. The SMILES string of the molecule is CS(=O)(=O)c1ccc(C2=C(c3ccccc3)C(=O)OC2)cc1.O=C1c2c(O)ccc(O)c2C(=O)c2c(NCCNCCO)ccc(NCCNCCO)c21. The lowest BCUT2D eigenvalue weighted by Crippen LogP contribution is -2.28. The molecule has 6 rings (SSSR count). The second-order valence-electron chi connectivity index (χ2n) is 12.3. The van der Waals surface area contributed by atoms with Crippen LogP contribution in [0.5, 0.6) is 11.5 Å². The molecule has 0 unspecified atom stereocenters. The van der Waals surface area contributed by atoms with Gasteiger partial charge in [0.15, 0.2) is 9.84 Å². The molecule has 8 N–H and O–H groups in total. The zero-order valence-electron chi connectivity index (χ0n) is 29.5. The normalized spacial score (nSPS) is 13.5. The summed E-state index contributed by atoms with van der Waals surface area (Å²) >= 11 is 0. The van der Waals surface area contributed by atoms with E-state index in [9.17, 15) is 33.0 Å². The molecule has 0 radical (unpaired) electrons. The molecule has 0 saturated heterocycles. The number of hydrogen-bond donors (Lipinski definition) is 8. The molecule has 4 aromatic carbocycles. The number of hydrogen-bond acceptors (Lipinski definition) is 14. The van der Waals surface area contributed by atoms with Gasteiger partial charge >= 0.3 is 5.97 Å². The van der Waals surface area contributed by atoms with E-state index in [1.165, 1.54) is 18.4 Å². The molecule has 0 saturated carbocycles. The van der Waals surface area contributed by atoms with Gasteiger partial charge in [0.25, 0.3) is 0 Å². The monoisotopic (exact) mass is 758 g/mol. The largest absolute Gasteiger partial charge is 0.507 e.